The number of unbranched alkanes of at least 4 members (excludes halogenated alkanes) is 2. The summed E-state index contributed by atoms with van der Waals surface area (Å²) in [6.45, 7) is 7.89. The van der Waals surface area contributed by atoms with Crippen molar-refractivity contribution in [2.75, 3.05) is 20.0 Å². The molecule has 0 aliphatic rings. The predicted octanol–water partition coefficient (Wildman–Crippen LogP) is -0.0390. The molecule has 0 spiro atoms. The van der Waals surface area contributed by atoms with Gasteiger partial charge in [-0.1, -0.05) is 25.8 Å². The summed E-state index contributed by atoms with van der Waals surface area (Å²) in [5.74, 6) is 0. The van der Waals surface area contributed by atoms with E-state index in [1.165, 1.54) is 12.8 Å². The molecule has 4 heteroatoms. The van der Waals surface area contributed by atoms with Gasteiger partial charge in [0.25, 0.3) is 0 Å². The van der Waals surface area contributed by atoms with E-state index in [1.54, 1.807) is 0 Å². The van der Waals surface area contributed by atoms with E-state index < -0.39 is 0 Å². The van der Waals surface area contributed by atoms with Gasteiger partial charge in [0.1, 0.15) is 6.79 Å². The Balaban J connectivity index is -0.000000845. The summed E-state index contributed by atoms with van der Waals surface area (Å²) in [6, 6.07) is 0. The minimum Gasteiger partial charge on any atom is -1.00 e. The topological polar surface area (TPSA) is 18.5 Å². The first-order chi connectivity index (χ1) is 6.91. The van der Waals surface area contributed by atoms with Gasteiger partial charge in [-0.2, -0.15) is 6.42 Å². The van der Waals surface area contributed by atoms with E-state index in [-0.39, 0.29) is 47.0 Å². The van der Waals surface area contributed by atoms with Gasteiger partial charge in [-0.25, -0.2) is 0 Å². The van der Waals surface area contributed by atoms with Crippen LogP contribution in [0.15, 0.2) is 12.2 Å². The van der Waals surface area contributed by atoms with Crippen molar-refractivity contribution in [3.63, 3.8) is 0 Å². The van der Waals surface area contributed by atoms with Crippen LogP contribution in [0.5, 0.6) is 0 Å². The summed E-state index contributed by atoms with van der Waals surface area (Å²) in [6.07, 6.45) is 9.56. The van der Waals surface area contributed by atoms with Gasteiger partial charge >= 0.3 is 23.1 Å². The Kier molecular flexibility index (Phi) is 29.9. The summed E-state index contributed by atoms with van der Waals surface area (Å²) in [7, 11) is 0. The standard InChI is InChI=1S/C12H23O2.HI.Mg/c1-3-5-7-9-11-14-12-13-10-8-6-4-2;;/h5,7H,1,3-4,6,8-12H2,2H3;1H;/q-1;;+2/p-1/b7-5+;;. The van der Waals surface area contributed by atoms with Gasteiger partial charge < -0.3 is 40.4 Å². The minimum atomic E-state index is 0. The van der Waals surface area contributed by atoms with Crippen molar-refractivity contribution in [1.82, 2.24) is 0 Å². The molecule has 16 heavy (non-hydrogen) atoms. The number of hydrogen-bond acceptors (Lipinski definition) is 2. The molecule has 0 atom stereocenters. The first kappa shape index (κ1) is 22.3. The zero-order chi connectivity index (χ0) is 10.5. The van der Waals surface area contributed by atoms with Crippen LogP contribution >= 0.6 is 0 Å². The van der Waals surface area contributed by atoms with E-state index in [4.69, 9.17) is 9.47 Å². The molecular formula is C12H23IMgO2. The van der Waals surface area contributed by atoms with Crippen LogP contribution in [0, 0.1) is 6.92 Å². The quantitative estimate of drug-likeness (QED) is 0.137. The third-order valence-corrected chi connectivity index (χ3v) is 1.82. The number of hydrogen-bond donors (Lipinski definition) is 0. The molecule has 0 fully saturated rings. The number of halogens is 1. The maximum absolute atomic E-state index is 5.28. The number of ether oxygens (including phenoxy) is 2. The van der Waals surface area contributed by atoms with Gasteiger partial charge in [0.15, 0.2) is 0 Å². The SMILES string of the molecule is [CH2-]C/C=C/CCOCOCCCCC.[I-].[Mg+2]. The van der Waals surface area contributed by atoms with Crippen LogP contribution in [0.4, 0.5) is 0 Å². The molecule has 0 bridgehead atoms. The van der Waals surface area contributed by atoms with E-state index in [0.717, 1.165) is 32.5 Å². The molecule has 2 nitrogen and oxygen atoms in total. The fraction of sp³-hybridized carbons (Fsp3) is 0.750. The second-order valence-corrected chi connectivity index (χ2v) is 3.19. The van der Waals surface area contributed by atoms with E-state index in [2.05, 4.69) is 19.9 Å². The Morgan fingerprint density at radius 3 is 2.38 bits per heavy atom. The Bertz CT molecular complexity index is 132. The summed E-state index contributed by atoms with van der Waals surface area (Å²) in [5, 5.41) is 0. The minimum absolute atomic E-state index is 0. The van der Waals surface area contributed by atoms with Crippen LogP contribution in [-0.4, -0.2) is 43.1 Å². The molecule has 0 aliphatic heterocycles. The van der Waals surface area contributed by atoms with Crippen molar-refractivity contribution >= 4 is 23.1 Å². The third-order valence-electron chi connectivity index (χ3n) is 1.82. The summed E-state index contributed by atoms with van der Waals surface area (Å²) >= 11 is 0. The zero-order valence-corrected chi connectivity index (χ0v) is 14.0. The molecule has 0 amide bonds. The molecule has 0 saturated heterocycles. The second-order valence-electron chi connectivity index (χ2n) is 3.19. The Morgan fingerprint density at radius 1 is 1.06 bits per heavy atom. The van der Waals surface area contributed by atoms with Crippen LogP contribution in [-0.2, 0) is 9.47 Å². The van der Waals surface area contributed by atoms with Crippen molar-refractivity contribution in [2.24, 2.45) is 0 Å². The van der Waals surface area contributed by atoms with Gasteiger partial charge in [-0.05, 0) is 12.8 Å². The van der Waals surface area contributed by atoms with Crippen molar-refractivity contribution in [2.45, 2.75) is 39.0 Å². The monoisotopic (exact) mass is 350 g/mol. The maximum Gasteiger partial charge on any atom is 2.00 e. The molecule has 0 unspecified atom stereocenters. The van der Waals surface area contributed by atoms with Crippen molar-refractivity contribution < 1.29 is 33.5 Å². The normalized spacial score (nSPS) is 9.88. The van der Waals surface area contributed by atoms with Gasteiger partial charge in [0.2, 0.25) is 0 Å². The molecule has 0 saturated carbocycles. The fourth-order valence-electron chi connectivity index (χ4n) is 1.02. The van der Waals surface area contributed by atoms with Crippen LogP contribution in [0.25, 0.3) is 0 Å². The van der Waals surface area contributed by atoms with E-state index in [1.807, 2.05) is 6.08 Å². The van der Waals surface area contributed by atoms with Crippen molar-refractivity contribution in [3.05, 3.63) is 19.1 Å². The summed E-state index contributed by atoms with van der Waals surface area (Å²) in [4.78, 5) is 0. The number of allylic oxidation sites excluding steroid dienone is 1. The Labute approximate surface area is 134 Å². The molecule has 92 valence electrons. The van der Waals surface area contributed by atoms with Crippen LogP contribution in [0.3, 0.4) is 0 Å². The molecule has 0 aromatic rings. The molecule has 0 heterocycles. The molecule has 0 aromatic heterocycles. The maximum atomic E-state index is 5.28. The summed E-state index contributed by atoms with van der Waals surface area (Å²) in [5.41, 5.74) is 0. The van der Waals surface area contributed by atoms with Crippen LogP contribution in [0.2, 0.25) is 0 Å². The molecule has 0 radical (unpaired) electrons. The first-order valence-corrected chi connectivity index (χ1v) is 5.51. The third kappa shape index (κ3) is 20.6. The van der Waals surface area contributed by atoms with Gasteiger partial charge in [-0.3, -0.25) is 0 Å². The van der Waals surface area contributed by atoms with Crippen LogP contribution < -0.4 is 24.0 Å². The van der Waals surface area contributed by atoms with E-state index >= 15 is 0 Å². The average molecular weight is 351 g/mol. The zero-order valence-electron chi connectivity index (χ0n) is 10.4. The van der Waals surface area contributed by atoms with Crippen molar-refractivity contribution in [1.29, 1.82) is 0 Å². The van der Waals surface area contributed by atoms with Gasteiger partial charge in [-0.15, -0.1) is 6.08 Å². The molecule has 0 aliphatic carbocycles. The second kappa shape index (κ2) is 21.4. The van der Waals surface area contributed by atoms with Crippen molar-refractivity contribution in [3.8, 4) is 0 Å². The first-order valence-electron chi connectivity index (χ1n) is 5.51. The van der Waals surface area contributed by atoms with Crippen LogP contribution in [0.1, 0.15) is 39.0 Å². The predicted molar refractivity (Wildman–Crippen MR) is 65.8 cm³/mol. The van der Waals surface area contributed by atoms with Gasteiger partial charge in [0, 0.05) is 6.61 Å². The molecule has 0 rings (SSSR count). The van der Waals surface area contributed by atoms with Gasteiger partial charge in [0.05, 0.1) is 6.61 Å². The average Bonchev–Trinajstić information content (AvgIpc) is 2.21. The molecular weight excluding hydrogens is 327 g/mol. The number of rotatable bonds is 10. The fourth-order valence-corrected chi connectivity index (χ4v) is 1.02. The summed E-state index contributed by atoms with van der Waals surface area (Å²) < 4.78 is 10.6. The van der Waals surface area contributed by atoms with E-state index in [0.29, 0.717) is 6.79 Å². The Morgan fingerprint density at radius 2 is 1.75 bits per heavy atom. The molecule has 0 aromatic carbocycles. The largest absolute Gasteiger partial charge is 2.00 e. The van der Waals surface area contributed by atoms with E-state index in [9.17, 15) is 0 Å². The molecule has 0 N–H and O–H groups in total. The Hall–Kier alpha value is 1.16. The smallest absolute Gasteiger partial charge is 1.00 e.